The van der Waals surface area contributed by atoms with Crippen LogP contribution in [0.5, 0.6) is 23.5 Å². The first-order valence-corrected chi connectivity index (χ1v) is 34.5. The quantitative estimate of drug-likeness (QED) is 0.0535. The van der Waals surface area contributed by atoms with Gasteiger partial charge in [-0.15, -0.1) is 5.10 Å². The number of hydrogen-bond donors (Lipinski definition) is 2. The first-order valence-electron chi connectivity index (χ1n) is 27.0. The third kappa shape index (κ3) is 15.0. The van der Waals surface area contributed by atoms with Crippen LogP contribution in [0, 0.1) is 22.5 Å². The number of rotatable bonds is 16. The van der Waals surface area contributed by atoms with Crippen molar-refractivity contribution in [3.05, 3.63) is 83.7 Å². The standard InChI is InChI=1S/C25H31FN6O3S.C23H30ClFN4O5SSi.C7H14N2/c1-16(2)19-10-18(26)11-20(17-5-7-27-22(9-17)35-4)24(19)28-21-12-23(30-29-21)36(33,34)32-14-25(15-32)6-8-31(3)13-25;1-15(2)18-12-17(25)13-19(16-7-8-26-20(11-16)32-3)21(18)34-23-27-22(35(24,30)31)28-29(23)14-33-9-10-36(4,5)6;1-9-3-2-7(6-9)4-8-5-7/h5,7,9-11,16H,6,8,12-15H2,1-4H3,(H,28,29);7-8,11-13,15H,9-10,14H2,1-6H3;8H,2-6H2,1H3. The second-order valence-corrected chi connectivity index (χ2v) is 33.5. The number of amidine groups is 1. The number of methoxy groups -OCH3 is 2. The van der Waals surface area contributed by atoms with E-state index in [0.717, 1.165) is 25.6 Å². The third-order valence-corrected chi connectivity index (χ3v) is 19.5. The van der Waals surface area contributed by atoms with Crippen molar-refractivity contribution in [2.24, 2.45) is 20.9 Å². The number of sulfonamides is 1. The average Bonchev–Trinajstić information content (AvgIpc) is 4.46. The Morgan fingerprint density at radius 1 is 0.790 bits per heavy atom. The van der Waals surface area contributed by atoms with Crippen LogP contribution < -0.4 is 25.0 Å². The zero-order valence-electron chi connectivity index (χ0n) is 48.0. The zero-order chi connectivity index (χ0) is 58.7. The maximum absolute atomic E-state index is 14.7. The van der Waals surface area contributed by atoms with Crippen molar-refractivity contribution in [2.75, 3.05) is 87.3 Å². The maximum atomic E-state index is 14.7. The minimum absolute atomic E-state index is 0.0186. The van der Waals surface area contributed by atoms with Crippen molar-refractivity contribution in [1.29, 1.82) is 0 Å². The van der Waals surface area contributed by atoms with Crippen molar-refractivity contribution in [1.82, 2.24) is 49.6 Å². The molecule has 0 radical (unpaired) electrons. The normalized spacial score (nSPS) is 18.5. The van der Waals surface area contributed by atoms with E-state index in [1.807, 2.05) is 27.7 Å². The molecule has 0 atom stereocenters. The Kier molecular flexibility index (Phi) is 19.1. The molecule has 2 aromatic carbocycles. The highest BCUT2D eigenvalue weighted by molar-refractivity contribution is 8.13. The molecule has 5 aromatic rings. The zero-order valence-corrected chi connectivity index (χ0v) is 51.4. The molecular formula is C55H75ClF2N12O8S2Si. The molecule has 81 heavy (non-hydrogen) atoms. The van der Waals surface area contributed by atoms with Crippen LogP contribution in [0.2, 0.25) is 25.7 Å². The van der Waals surface area contributed by atoms with E-state index >= 15 is 0 Å². The van der Waals surface area contributed by atoms with Gasteiger partial charge in [-0.05, 0) is 111 Å². The number of halogens is 3. The van der Waals surface area contributed by atoms with E-state index < -0.39 is 38.1 Å². The molecule has 2 spiro atoms. The van der Waals surface area contributed by atoms with Crippen molar-refractivity contribution < 1.29 is 44.6 Å². The number of likely N-dealkylation sites (tertiary alicyclic amines) is 2. The predicted octanol–water partition coefficient (Wildman–Crippen LogP) is 8.88. The molecule has 0 aliphatic carbocycles. The molecule has 5 aliphatic heterocycles. The summed E-state index contributed by atoms with van der Waals surface area (Å²) in [6.45, 7) is 22.8. The minimum atomic E-state index is -4.24. The van der Waals surface area contributed by atoms with Gasteiger partial charge < -0.3 is 34.1 Å². The lowest BCUT2D eigenvalue weighted by atomic mass is 9.81. The fourth-order valence-electron chi connectivity index (χ4n) is 10.4. The van der Waals surface area contributed by atoms with Gasteiger partial charge in [-0.2, -0.15) is 19.1 Å². The highest BCUT2D eigenvalue weighted by Gasteiger charge is 2.52. The monoisotopic (exact) mass is 1200 g/mol. The molecule has 0 bridgehead atoms. The fourth-order valence-corrected chi connectivity index (χ4v) is 13.4. The number of nitrogens with one attached hydrogen (secondary N) is 2. The molecule has 5 aliphatic rings. The van der Waals surface area contributed by atoms with Crippen LogP contribution in [-0.2, 0) is 30.5 Å². The second-order valence-electron chi connectivity index (χ2n) is 23.5. The summed E-state index contributed by atoms with van der Waals surface area (Å²) in [5.41, 5.74) is 7.65. The number of benzene rings is 2. The Bertz CT molecular complexity index is 3370. The number of hydrogen-bond acceptors (Lipinski definition) is 17. The molecule has 3 aromatic heterocycles. The Morgan fingerprint density at radius 2 is 1.36 bits per heavy atom. The molecule has 4 saturated heterocycles. The van der Waals surface area contributed by atoms with Crippen molar-refractivity contribution in [3.63, 3.8) is 0 Å². The lowest BCUT2D eigenvalue weighted by molar-refractivity contribution is 0.0723. The van der Waals surface area contributed by atoms with E-state index in [9.17, 15) is 25.6 Å². The first kappa shape index (κ1) is 61.6. The first-order chi connectivity index (χ1) is 38.2. The van der Waals surface area contributed by atoms with Crippen LogP contribution in [0.1, 0.15) is 69.9 Å². The van der Waals surface area contributed by atoms with Gasteiger partial charge in [0.1, 0.15) is 30.0 Å². The van der Waals surface area contributed by atoms with Gasteiger partial charge in [0.25, 0.3) is 24.2 Å². The Labute approximate surface area is 480 Å². The molecule has 0 saturated carbocycles. The summed E-state index contributed by atoms with van der Waals surface area (Å²) in [6, 6.07) is 13.1. The van der Waals surface area contributed by atoms with Gasteiger partial charge in [-0.25, -0.2) is 40.6 Å². The van der Waals surface area contributed by atoms with E-state index in [-0.39, 0.29) is 53.0 Å². The third-order valence-electron chi connectivity index (χ3n) is 15.0. The van der Waals surface area contributed by atoms with E-state index in [4.69, 9.17) is 34.6 Å². The lowest BCUT2D eigenvalue weighted by Crippen LogP contribution is -2.60. The molecule has 26 heteroatoms. The van der Waals surface area contributed by atoms with Gasteiger partial charge in [0.2, 0.25) is 11.8 Å². The van der Waals surface area contributed by atoms with E-state index in [0.29, 0.717) is 81.8 Å². The van der Waals surface area contributed by atoms with Crippen LogP contribution in [0.25, 0.3) is 22.3 Å². The second kappa shape index (κ2) is 25.1. The number of ether oxygens (including phenoxy) is 4. The summed E-state index contributed by atoms with van der Waals surface area (Å²) in [6.07, 6.45) is 5.61. The minimum Gasteiger partial charge on any atom is -0.481 e. The summed E-state index contributed by atoms with van der Waals surface area (Å²) in [5.74, 6) is 0.428. The van der Waals surface area contributed by atoms with Gasteiger partial charge >= 0.3 is 6.01 Å². The number of pyridine rings is 2. The topological polar surface area (TPSA) is 220 Å². The van der Waals surface area contributed by atoms with Crippen LogP contribution in [-0.4, -0.2) is 162 Å². The Hall–Kier alpha value is -5.51. The van der Waals surface area contributed by atoms with E-state index in [2.05, 4.69) is 79.4 Å². The van der Waals surface area contributed by atoms with E-state index in [1.165, 1.54) is 86.3 Å². The molecule has 4 fully saturated rings. The molecule has 8 heterocycles. The van der Waals surface area contributed by atoms with Gasteiger partial charge in [-0.3, -0.25) is 5.43 Å². The maximum Gasteiger partial charge on any atom is 0.323 e. The fraction of sp³-hybridized carbons (Fsp3) is 0.527. The Balaban J connectivity index is 0.000000183. The molecule has 2 N–H and O–H groups in total. The molecule has 0 amide bonds. The van der Waals surface area contributed by atoms with Crippen LogP contribution >= 0.6 is 10.7 Å². The van der Waals surface area contributed by atoms with Gasteiger partial charge in [0, 0.05) is 117 Å². The molecule has 10 rings (SSSR count). The van der Waals surface area contributed by atoms with Gasteiger partial charge in [0.05, 0.1) is 26.3 Å². The molecule has 20 nitrogen and oxygen atoms in total. The molecule has 440 valence electrons. The largest absolute Gasteiger partial charge is 0.481 e. The van der Waals surface area contributed by atoms with E-state index in [1.54, 1.807) is 30.5 Å². The van der Waals surface area contributed by atoms with Gasteiger partial charge in [0.15, 0.2) is 5.04 Å². The average molecular weight is 1200 g/mol. The summed E-state index contributed by atoms with van der Waals surface area (Å²) in [5, 5.41) is 10.9. The smallest absolute Gasteiger partial charge is 0.323 e. The van der Waals surface area contributed by atoms with Crippen LogP contribution in [0.3, 0.4) is 0 Å². The highest BCUT2D eigenvalue weighted by atomic mass is 35.7. The predicted molar refractivity (Wildman–Crippen MR) is 313 cm³/mol. The number of nitrogens with zero attached hydrogens (tertiary/aromatic N) is 10. The lowest BCUT2D eigenvalue weighted by Gasteiger charge is -2.46. The number of hydrazone groups is 1. The highest BCUT2D eigenvalue weighted by Crippen LogP contribution is 2.44. The van der Waals surface area contributed by atoms with Crippen LogP contribution in [0.4, 0.5) is 14.5 Å². The number of aliphatic imine (C=N–C) groups is 1. The van der Waals surface area contributed by atoms with Gasteiger partial charge in [-0.1, -0.05) is 47.3 Å². The molecule has 0 unspecified atom stereocenters. The molecular weight excluding hydrogens is 1120 g/mol. The summed E-state index contributed by atoms with van der Waals surface area (Å²) < 4.78 is 105. The summed E-state index contributed by atoms with van der Waals surface area (Å²) >= 11 is 0. The summed E-state index contributed by atoms with van der Waals surface area (Å²) in [7, 11) is 3.53. The van der Waals surface area contributed by atoms with Crippen molar-refractivity contribution >= 4 is 54.4 Å². The van der Waals surface area contributed by atoms with Crippen molar-refractivity contribution in [3.8, 4) is 45.8 Å². The van der Waals surface area contributed by atoms with Crippen LogP contribution in [0.15, 0.2) is 76.2 Å². The van der Waals surface area contributed by atoms with Crippen molar-refractivity contribution in [2.45, 2.75) is 96.4 Å². The Morgan fingerprint density at radius 3 is 1.86 bits per heavy atom. The summed E-state index contributed by atoms with van der Waals surface area (Å²) in [4.78, 5) is 21.7. The SMILES string of the molecule is CN1CCC2(CNC2)C1.COc1cc(-c2cc(F)cc(C(C)C)c2N=C2CC(S(=O)(=O)N3CC4(CCN(C)C4)C3)=NN2)ccn1.COc1cc(-c2cc(F)cc(C(C)C)c2Oc2nc(S(=O)(=O)Cl)nn2COCC[Si](C)(C)C)ccn1. The number of aromatic nitrogens is 5.